The number of hydrogen-bond acceptors (Lipinski definition) is 3. The van der Waals surface area contributed by atoms with Crippen LogP contribution in [0.1, 0.15) is 16.5 Å². The van der Waals surface area contributed by atoms with E-state index >= 15 is 0 Å². The van der Waals surface area contributed by atoms with Gasteiger partial charge in [-0.3, -0.25) is 10.1 Å². The van der Waals surface area contributed by atoms with Gasteiger partial charge in [0.2, 0.25) is 0 Å². The van der Waals surface area contributed by atoms with Crippen LogP contribution in [0.2, 0.25) is 5.02 Å². The van der Waals surface area contributed by atoms with E-state index in [2.05, 4.69) is 0 Å². The molecule has 0 spiro atoms. The van der Waals surface area contributed by atoms with Crippen LogP contribution in [0.4, 0.5) is 5.69 Å². The minimum atomic E-state index is -0.446. The van der Waals surface area contributed by atoms with E-state index in [0.717, 1.165) is 5.56 Å². The Morgan fingerprint density at radius 3 is 2.67 bits per heavy atom. The zero-order chi connectivity index (χ0) is 15.4. The van der Waals surface area contributed by atoms with E-state index in [1.807, 2.05) is 0 Å². The van der Waals surface area contributed by atoms with Crippen molar-refractivity contribution in [2.45, 2.75) is 11.8 Å². The minimum Gasteiger partial charge on any atom is -0.496 e. The van der Waals surface area contributed by atoms with Gasteiger partial charge in [-0.1, -0.05) is 35.9 Å². The molecule has 2 aromatic rings. The number of methoxy groups -OCH3 is 1. The molecule has 0 saturated carbocycles. The van der Waals surface area contributed by atoms with Crippen LogP contribution in [0, 0.1) is 10.1 Å². The highest BCUT2D eigenvalue weighted by Gasteiger charge is 2.19. The van der Waals surface area contributed by atoms with Crippen molar-refractivity contribution in [2.24, 2.45) is 0 Å². The summed E-state index contributed by atoms with van der Waals surface area (Å²) < 4.78 is 5.26. The standard InChI is InChI=1S/C15H13Cl2NO3/c1-21-15-9-11(16)6-7-12(15)13(17)8-10-4-2-3-5-14(10)18(19)20/h2-7,9,13H,8H2,1H3. The van der Waals surface area contributed by atoms with Crippen molar-refractivity contribution in [3.8, 4) is 5.75 Å². The Balaban J connectivity index is 2.30. The maximum absolute atomic E-state index is 11.0. The molecule has 4 nitrogen and oxygen atoms in total. The quantitative estimate of drug-likeness (QED) is 0.451. The third-order valence-corrected chi connectivity index (χ3v) is 3.74. The van der Waals surface area contributed by atoms with Crippen molar-refractivity contribution in [1.29, 1.82) is 0 Å². The predicted molar refractivity (Wildman–Crippen MR) is 83.4 cm³/mol. The molecule has 1 unspecified atom stereocenters. The van der Waals surface area contributed by atoms with Gasteiger partial charge < -0.3 is 4.74 Å². The molecule has 0 aliphatic heterocycles. The average molecular weight is 326 g/mol. The van der Waals surface area contributed by atoms with Crippen LogP contribution in [0.5, 0.6) is 5.75 Å². The van der Waals surface area contributed by atoms with Crippen LogP contribution in [0.3, 0.4) is 0 Å². The molecule has 2 rings (SSSR count). The summed E-state index contributed by atoms with van der Waals surface area (Å²) in [6, 6.07) is 11.7. The fraction of sp³-hybridized carbons (Fsp3) is 0.200. The number of ether oxygens (including phenoxy) is 1. The number of nitrogens with zero attached hydrogens (tertiary/aromatic N) is 1. The topological polar surface area (TPSA) is 52.4 Å². The van der Waals surface area contributed by atoms with Gasteiger partial charge in [-0.25, -0.2) is 0 Å². The first-order valence-corrected chi connectivity index (χ1v) is 7.04. The number of alkyl halides is 1. The molecular formula is C15H13Cl2NO3. The Labute approximate surface area is 132 Å². The molecule has 0 heterocycles. The predicted octanol–water partition coefficient (Wildman–Crippen LogP) is 4.78. The summed E-state index contributed by atoms with van der Waals surface area (Å²) in [5.41, 5.74) is 1.40. The molecule has 21 heavy (non-hydrogen) atoms. The van der Waals surface area contributed by atoms with Crippen molar-refractivity contribution in [2.75, 3.05) is 7.11 Å². The van der Waals surface area contributed by atoms with Crippen molar-refractivity contribution >= 4 is 28.9 Å². The molecule has 110 valence electrons. The molecule has 0 bridgehead atoms. The average Bonchev–Trinajstić information content (AvgIpc) is 2.47. The lowest BCUT2D eigenvalue weighted by Gasteiger charge is -2.14. The molecule has 0 aromatic heterocycles. The van der Waals surface area contributed by atoms with Gasteiger partial charge >= 0.3 is 0 Å². The second-order valence-corrected chi connectivity index (χ2v) is 5.41. The van der Waals surface area contributed by atoms with E-state index in [1.54, 1.807) is 36.4 Å². The zero-order valence-electron chi connectivity index (χ0n) is 11.3. The number of nitro groups is 1. The normalized spacial score (nSPS) is 12.0. The third-order valence-electron chi connectivity index (χ3n) is 3.12. The summed E-state index contributed by atoms with van der Waals surface area (Å²) in [6.45, 7) is 0. The first-order valence-electron chi connectivity index (χ1n) is 6.22. The summed E-state index contributed by atoms with van der Waals surface area (Å²) in [4.78, 5) is 10.6. The molecule has 0 saturated heterocycles. The molecule has 0 N–H and O–H groups in total. The van der Waals surface area contributed by atoms with Gasteiger partial charge in [0.15, 0.2) is 0 Å². The third kappa shape index (κ3) is 3.65. The van der Waals surface area contributed by atoms with Crippen LogP contribution in [-0.2, 0) is 6.42 Å². The molecule has 1 atom stereocenters. The summed E-state index contributed by atoms with van der Waals surface area (Å²) in [6.07, 6.45) is 0.330. The number of para-hydroxylation sites is 1. The lowest BCUT2D eigenvalue weighted by molar-refractivity contribution is -0.385. The van der Waals surface area contributed by atoms with E-state index < -0.39 is 10.3 Å². The smallest absolute Gasteiger partial charge is 0.272 e. The SMILES string of the molecule is COc1cc(Cl)ccc1C(Cl)Cc1ccccc1[N+](=O)[O-]. The van der Waals surface area contributed by atoms with Crippen LogP contribution in [0.25, 0.3) is 0 Å². The molecule has 6 heteroatoms. The van der Waals surface area contributed by atoms with Crippen LogP contribution in [0.15, 0.2) is 42.5 Å². The number of nitro benzene ring substituents is 1. The van der Waals surface area contributed by atoms with E-state index in [0.29, 0.717) is 22.8 Å². The Bertz CT molecular complexity index is 661. The van der Waals surface area contributed by atoms with Gasteiger partial charge in [-0.05, 0) is 18.6 Å². The number of hydrogen-bond donors (Lipinski definition) is 0. The lowest BCUT2D eigenvalue weighted by atomic mass is 10.0. The second-order valence-electron chi connectivity index (χ2n) is 4.44. The summed E-state index contributed by atoms with van der Waals surface area (Å²) >= 11 is 12.3. The van der Waals surface area contributed by atoms with Gasteiger partial charge in [0.25, 0.3) is 5.69 Å². The Hall–Kier alpha value is -1.78. The highest BCUT2D eigenvalue weighted by molar-refractivity contribution is 6.30. The summed E-state index contributed by atoms with van der Waals surface area (Å²) in [5, 5.41) is 11.1. The van der Waals surface area contributed by atoms with E-state index in [1.165, 1.54) is 13.2 Å². The van der Waals surface area contributed by atoms with Crippen LogP contribution >= 0.6 is 23.2 Å². The maximum Gasteiger partial charge on any atom is 0.272 e. The lowest BCUT2D eigenvalue weighted by Crippen LogP contribution is -2.02. The number of rotatable bonds is 5. The Morgan fingerprint density at radius 1 is 1.29 bits per heavy atom. The van der Waals surface area contributed by atoms with Gasteiger partial charge in [0.1, 0.15) is 5.75 Å². The Morgan fingerprint density at radius 2 is 2.00 bits per heavy atom. The molecule has 2 aromatic carbocycles. The van der Waals surface area contributed by atoms with Gasteiger partial charge in [-0.2, -0.15) is 0 Å². The van der Waals surface area contributed by atoms with Crippen molar-refractivity contribution in [3.63, 3.8) is 0 Å². The largest absolute Gasteiger partial charge is 0.496 e. The molecular weight excluding hydrogens is 313 g/mol. The number of benzene rings is 2. The Kier molecular flexibility index (Phi) is 5.04. The highest BCUT2D eigenvalue weighted by atomic mass is 35.5. The molecule has 0 amide bonds. The van der Waals surface area contributed by atoms with Crippen LogP contribution in [-0.4, -0.2) is 12.0 Å². The van der Waals surface area contributed by atoms with E-state index in [4.69, 9.17) is 27.9 Å². The molecule has 0 fully saturated rings. The van der Waals surface area contributed by atoms with Crippen molar-refractivity contribution < 1.29 is 9.66 Å². The van der Waals surface area contributed by atoms with Gasteiger partial charge in [0.05, 0.1) is 17.4 Å². The van der Waals surface area contributed by atoms with E-state index in [-0.39, 0.29) is 5.69 Å². The first-order chi connectivity index (χ1) is 10.0. The second kappa shape index (κ2) is 6.78. The van der Waals surface area contributed by atoms with Crippen molar-refractivity contribution in [1.82, 2.24) is 0 Å². The molecule has 0 aliphatic rings. The van der Waals surface area contributed by atoms with Gasteiger partial charge in [-0.15, -0.1) is 11.6 Å². The summed E-state index contributed by atoms with van der Waals surface area (Å²) in [5.74, 6) is 0.570. The maximum atomic E-state index is 11.0. The fourth-order valence-electron chi connectivity index (χ4n) is 2.11. The number of halogens is 2. The molecule has 0 aliphatic carbocycles. The fourth-order valence-corrected chi connectivity index (χ4v) is 2.62. The first kappa shape index (κ1) is 15.6. The molecule has 0 radical (unpaired) electrons. The van der Waals surface area contributed by atoms with Gasteiger partial charge in [0, 0.05) is 22.2 Å². The zero-order valence-corrected chi connectivity index (χ0v) is 12.8. The highest BCUT2D eigenvalue weighted by Crippen LogP contribution is 2.35. The monoisotopic (exact) mass is 325 g/mol. The minimum absolute atomic E-state index is 0.0658. The van der Waals surface area contributed by atoms with E-state index in [9.17, 15) is 10.1 Å². The van der Waals surface area contributed by atoms with Crippen molar-refractivity contribution in [3.05, 3.63) is 68.7 Å². The summed E-state index contributed by atoms with van der Waals surface area (Å²) in [7, 11) is 1.53. The van der Waals surface area contributed by atoms with Crippen LogP contribution < -0.4 is 4.74 Å².